The summed E-state index contributed by atoms with van der Waals surface area (Å²) in [7, 11) is 0. The van der Waals surface area contributed by atoms with Gasteiger partial charge in [-0.05, 0) is 46.0 Å². The monoisotopic (exact) mass is 316 g/mol. The van der Waals surface area contributed by atoms with Crippen molar-refractivity contribution in [3.05, 3.63) is 0 Å². The Morgan fingerprint density at radius 1 is 1.27 bits per heavy atom. The lowest BCUT2D eigenvalue weighted by Crippen LogP contribution is -2.53. The minimum Gasteiger partial charge on any atom is -0.473 e. The van der Waals surface area contributed by atoms with Crippen molar-refractivity contribution in [3.8, 4) is 0 Å². The van der Waals surface area contributed by atoms with Crippen LogP contribution >= 0.6 is 0 Å². The maximum absolute atomic E-state index is 12.1. The first-order valence-corrected chi connectivity index (χ1v) is 7.17. The van der Waals surface area contributed by atoms with Crippen LogP contribution in [0.3, 0.4) is 0 Å². The summed E-state index contributed by atoms with van der Waals surface area (Å²) in [6.07, 6.45) is 3.10. The van der Waals surface area contributed by atoms with Gasteiger partial charge in [0.1, 0.15) is 5.60 Å². The highest BCUT2D eigenvalue weighted by Gasteiger charge is 2.52. The molecule has 8 nitrogen and oxygen atoms in total. The Morgan fingerprint density at radius 2 is 1.82 bits per heavy atom. The summed E-state index contributed by atoms with van der Waals surface area (Å²) < 4.78 is 5.43. The van der Waals surface area contributed by atoms with Gasteiger partial charge in [0.25, 0.3) is 0 Å². The van der Waals surface area contributed by atoms with Gasteiger partial charge in [-0.2, -0.15) is 0 Å². The number of carbonyl (C=O) groups excluding carboxylic acids is 1. The highest BCUT2D eigenvalue weighted by molar-refractivity contribution is 6.27. The number of rotatable bonds is 1. The van der Waals surface area contributed by atoms with Gasteiger partial charge in [0.2, 0.25) is 0 Å². The zero-order valence-electron chi connectivity index (χ0n) is 13.2. The predicted octanol–water partition coefficient (Wildman–Crippen LogP) is 0.890. The van der Waals surface area contributed by atoms with Crippen LogP contribution in [0, 0.1) is 5.92 Å². The zero-order chi connectivity index (χ0) is 17.1. The molecule has 4 N–H and O–H groups in total. The number of piperidine rings is 1. The van der Waals surface area contributed by atoms with Gasteiger partial charge in [0.05, 0.1) is 5.54 Å². The van der Waals surface area contributed by atoms with Crippen LogP contribution in [-0.4, -0.2) is 57.4 Å². The average Bonchev–Trinajstić information content (AvgIpc) is 2.95. The smallest absolute Gasteiger partial charge is 0.414 e. The Hall–Kier alpha value is -1.83. The molecule has 1 saturated heterocycles. The van der Waals surface area contributed by atoms with Crippen LogP contribution in [0.4, 0.5) is 4.79 Å². The van der Waals surface area contributed by atoms with Gasteiger partial charge in [-0.25, -0.2) is 14.4 Å². The Balaban J connectivity index is 0.000000346. The zero-order valence-corrected chi connectivity index (χ0v) is 13.2. The van der Waals surface area contributed by atoms with Crippen LogP contribution in [0.15, 0.2) is 0 Å². The summed E-state index contributed by atoms with van der Waals surface area (Å²) in [5.74, 6) is -3.01. The summed E-state index contributed by atoms with van der Waals surface area (Å²) in [6.45, 7) is 7.08. The number of fused-ring (bicyclic) bond motifs is 2. The van der Waals surface area contributed by atoms with E-state index in [4.69, 9.17) is 30.3 Å². The maximum atomic E-state index is 12.1. The maximum Gasteiger partial charge on any atom is 0.414 e. The number of carbonyl (C=O) groups is 3. The number of nitrogens with two attached hydrogens (primary N) is 1. The first kappa shape index (κ1) is 18.2. The van der Waals surface area contributed by atoms with Crippen LogP contribution in [0.1, 0.15) is 40.0 Å². The average molecular weight is 316 g/mol. The molecular weight excluding hydrogens is 292 g/mol. The van der Waals surface area contributed by atoms with E-state index >= 15 is 0 Å². The molecule has 2 aliphatic rings. The SMILES string of the molecule is CC(C)(C)OC(=O)N1C[C@H]2CC[C@@]1(CN)C2.O=C(O)C(=O)O. The second kappa shape index (κ2) is 6.51. The number of likely N-dealkylation sites (tertiary alicyclic amines) is 1. The predicted molar refractivity (Wildman–Crippen MR) is 77.3 cm³/mol. The number of amides is 1. The molecule has 8 heteroatoms. The number of carboxylic acid groups (broad SMARTS) is 2. The molecule has 2 atom stereocenters. The third kappa shape index (κ3) is 4.33. The van der Waals surface area contributed by atoms with Gasteiger partial charge >= 0.3 is 18.0 Å². The lowest BCUT2D eigenvalue weighted by molar-refractivity contribution is -0.159. The minimum absolute atomic E-state index is 0.104. The molecule has 0 aromatic carbocycles. The minimum atomic E-state index is -1.82. The lowest BCUT2D eigenvalue weighted by atomic mass is 9.98. The Bertz CT molecular complexity index is 447. The number of aliphatic carboxylic acids is 2. The molecule has 2 rings (SSSR count). The van der Waals surface area contributed by atoms with Crippen LogP contribution in [0.5, 0.6) is 0 Å². The molecule has 126 valence electrons. The quantitative estimate of drug-likeness (QED) is 0.612. The molecule has 0 aromatic heterocycles. The molecule has 0 unspecified atom stereocenters. The Morgan fingerprint density at radius 3 is 2.18 bits per heavy atom. The van der Waals surface area contributed by atoms with E-state index in [9.17, 15) is 4.79 Å². The molecule has 2 fully saturated rings. The summed E-state index contributed by atoms with van der Waals surface area (Å²) in [5.41, 5.74) is 5.32. The second-order valence-electron chi connectivity index (χ2n) is 6.74. The molecule has 2 bridgehead atoms. The number of hydrogen-bond acceptors (Lipinski definition) is 5. The van der Waals surface area contributed by atoms with Crippen LogP contribution in [-0.2, 0) is 14.3 Å². The van der Waals surface area contributed by atoms with Crippen LogP contribution < -0.4 is 5.73 Å². The van der Waals surface area contributed by atoms with Gasteiger partial charge in [-0.15, -0.1) is 0 Å². The van der Waals surface area contributed by atoms with Gasteiger partial charge in [-0.1, -0.05) is 0 Å². The van der Waals surface area contributed by atoms with E-state index in [0.29, 0.717) is 12.5 Å². The molecule has 0 spiro atoms. The van der Waals surface area contributed by atoms with E-state index in [2.05, 4.69) is 0 Å². The van der Waals surface area contributed by atoms with Gasteiger partial charge in [0, 0.05) is 13.1 Å². The van der Waals surface area contributed by atoms with Gasteiger partial charge < -0.3 is 25.6 Å². The standard InChI is InChI=1S/C12H22N2O2.C2H2O4/c1-11(2,3)16-10(15)14-7-9-4-5-12(14,6-9)8-13;3-1(4)2(5)6/h9H,4-8,13H2,1-3H3;(H,3,4)(H,5,6)/t9-,12-;/m0./s1. The molecule has 0 aromatic rings. The third-order valence-electron chi connectivity index (χ3n) is 3.88. The van der Waals surface area contributed by atoms with Gasteiger partial charge in [0.15, 0.2) is 0 Å². The van der Waals surface area contributed by atoms with Crippen molar-refractivity contribution in [3.63, 3.8) is 0 Å². The largest absolute Gasteiger partial charge is 0.473 e. The highest BCUT2D eigenvalue weighted by atomic mass is 16.6. The Labute approximate surface area is 129 Å². The molecule has 1 aliphatic heterocycles. The van der Waals surface area contributed by atoms with E-state index in [0.717, 1.165) is 19.4 Å². The van der Waals surface area contributed by atoms with E-state index in [-0.39, 0.29) is 11.6 Å². The van der Waals surface area contributed by atoms with Gasteiger partial charge in [-0.3, -0.25) is 0 Å². The van der Waals surface area contributed by atoms with Crippen molar-refractivity contribution in [2.45, 2.75) is 51.2 Å². The first-order valence-electron chi connectivity index (χ1n) is 7.17. The van der Waals surface area contributed by atoms with Crippen molar-refractivity contribution in [2.75, 3.05) is 13.1 Å². The molecule has 22 heavy (non-hydrogen) atoms. The van der Waals surface area contributed by atoms with E-state index in [1.807, 2.05) is 25.7 Å². The number of nitrogens with zero attached hydrogens (tertiary/aromatic N) is 1. The summed E-state index contributed by atoms with van der Waals surface area (Å²) in [5, 5.41) is 14.8. The topological polar surface area (TPSA) is 130 Å². The van der Waals surface area contributed by atoms with E-state index in [1.165, 1.54) is 6.42 Å². The van der Waals surface area contributed by atoms with Crippen molar-refractivity contribution in [2.24, 2.45) is 11.7 Å². The number of carboxylic acids is 2. The normalized spacial score (nSPS) is 26.2. The van der Waals surface area contributed by atoms with E-state index < -0.39 is 17.5 Å². The molecule has 1 amide bonds. The van der Waals surface area contributed by atoms with E-state index in [1.54, 1.807) is 0 Å². The summed E-state index contributed by atoms with van der Waals surface area (Å²) >= 11 is 0. The van der Waals surface area contributed by atoms with Crippen LogP contribution in [0.2, 0.25) is 0 Å². The fourth-order valence-electron chi connectivity index (χ4n) is 2.95. The lowest BCUT2D eigenvalue weighted by Gasteiger charge is -2.38. The highest BCUT2D eigenvalue weighted by Crippen LogP contribution is 2.46. The summed E-state index contributed by atoms with van der Waals surface area (Å²) in [4.78, 5) is 32.1. The molecule has 1 aliphatic carbocycles. The molecule has 1 heterocycles. The Kier molecular flexibility index (Phi) is 5.39. The van der Waals surface area contributed by atoms with Crippen molar-refractivity contribution in [1.82, 2.24) is 4.90 Å². The number of ether oxygens (including phenoxy) is 1. The van der Waals surface area contributed by atoms with Crippen molar-refractivity contribution >= 4 is 18.0 Å². The van der Waals surface area contributed by atoms with Crippen LogP contribution in [0.25, 0.3) is 0 Å². The molecule has 1 saturated carbocycles. The molecule has 0 radical (unpaired) electrons. The summed E-state index contributed by atoms with van der Waals surface area (Å²) in [6, 6.07) is 0. The number of hydrogen-bond donors (Lipinski definition) is 3. The molecular formula is C14H24N2O6. The van der Waals surface area contributed by atoms with Crippen molar-refractivity contribution < 1.29 is 29.3 Å². The third-order valence-corrected chi connectivity index (χ3v) is 3.88. The fourth-order valence-corrected chi connectivity index (χ4v) is 2.95. The fraction of sp³-hybridized carbons (Fsp3) is 0.786. The van der Waals surface area contributed by atoms with Crippen molar-refractivity contribution in [1.29, 1.82) is 0 Å². The second-order valence-corrected chi connectivity index (χ2v) is 6.74. The first-order chi connectivity index (χ1) is 10.0.